The summed E-state index contributed by atoms with van der Waals surface area (Å²) in [6, 6.07) is 5.98. The van der Waals surface area contributed by atoms with Crippen molar-refractivity contribution in [3.8, 4) is 11.5 Å². The molecule has 2 aliphatic heterocycles. The fraction of sp³-hybridized carbons (Fsp3) is 0.667. The second-order valence-electron chi connectivity index (χ2n) is 7.34. The largest absolute Gasteiger partial charge is 0.490 e. The van der Waals surface area contributed by atoms with Gasteiger partial charge in [0, 0.05) is 31.3 Å². The number of nitrogens with zero attached hydrogens (tertiary/aromatic N) is 2. The molecule has 2 aliphatic rings. The maximum absolute atomic E-state index is 5.79. The summed E-state index contributed by atoms with van der Waals surface area (Å²) >= 11 is 0. The van der Waals surface area contributed by atoms with E-state index in [0.717, 1.165) is 42.7 Å². The highest BCUT2D eigenvalue weighted by molar-refractivity contribution is 14.0. The second-order valence-corrected chi connectivity index (χ2v) is 7.34. The van der Waals surface area contributed by atoms with Crippen LogP contribution in [0.4, 0.5) is 5.69 Å². The molecule has 0 spiro atoms. The molecule has 0 bridgehead atoms. The molecule has 0 unspecified atom stereocenters. The van der Waals surface area contributed by atoms with Gasteiger partial charge < -0.3 is 25.0 Å². The summed E-state index contributed by atoms with van der Waals surface area (Å²) in [5.74, 6) is 3.13. The highest BCUT2D eigenvalue weighted by atomic mass is 127. The third kappa shape index (κ3) is 6.99. The van der Waals surface area contributed by atoms with E-state index in [9.17, 15) is 0 Å². The first kappa shape index (κ1) is 23.1. The number of likely N-dealkylation sites (tertiary alicyclic amines) is 1. The van der Waals surface area contributed by atoms with Crippen LogP contribution >= 0.6 is 24.0 Å². The Morgan fingerprint density at radius 3 is 2.61 bits per heavy atom. The number of anilines is 1. The maximum atomic E-state index is 5.79. The van der Waals surface area contributed by atoms with Gasteiger partial charge in [0.15, 0.2) is 17.5 Å². The zero-order valence-corrected chi connectivity index (χ0v) is 19.5. The van der Waals surface area contributed by atoms with Crippen LogP contribution in [0.2, 0.25) is 0 Å². The van der Waals surface area contributed by atoms with Crippen LogP contribution in [-0.2, 0) is 0 Å². The van der Waals surface area contributed by atoms with Crippen molar-refractivity contribution in [1.29, 1.82) is 0 Å². The van der Waals surface area contributed by atoms with E-state index in [0.29, 0.717) is 19.1 Å². The molecule has 0 aliphatic carbocycles. The minimum atomic E-state index is 0. The first-order valence-electron chi connectivity index (χ1n) is 10.5. The van der Waals surface area contributed by atoms with Gasteiger partial charge in [-0.3, -0.25) is 4.99 Å². The number of ether oxygens (including phenoxy) is 2. The lowest BCUT2D eigenvalue weighted by atomic mass is 9.97. The molecule has 0 radical (unpaired) electrons. The minimum absolute atomic E-state index is 0. The van der Waals surface area contributed by atoms with Gasteiger partial charge in [-0.25, -0.2) is 0 Å². The molecule has 2 N–H and O–H groups in total. The number of rotatable bonds is 6. The highest BCUT2D eigenvalue weighted by Crippen LogP contribution is 2.32. The third-order valence-corrected chi connectivity index (χ3v) is 5.11. The average molecular weight is 502 g/mol. The molecular formula is C21H35IN4O2. The van der Waals surface area contributed by atoms with Crippen molar-refractivity contribution in [2.45, 2.75) is 39.5 Å². The number of fused-ring (bicyclic) bond motifs is 1. The van der Waals surface area contributed by atoms with Gasteiger partial charge in [0.2, 0.25) is 0 Å². The van der Waals surface area contributed by atoms with E-state index in [1.54, 1.807) is 0 Å². The lowest BCUT2D eigenvalue weighted by molar-refractivity contribution is 0.188. The Kier molecular flexibility index (Phi) is 10.2. The lowest BCUT2D eigenvalue weighted by Gasteiger charge is -2.31. The van der Waals surface area contributed by atoms with Crippen LogP contribution in [0.25, 0.3) is 0 Å². The predicted molar refractivity (Wildman–Crippen MR) is 127 cm³/mol. The summed E-state index contributed by atoms with van der Waals surface area (Å²) in [7, 11) is 0. The van der Waals surface area contributed by atoms with Crippen LogP contribution in [-0.4, -0.2) is 56.8 Å². The number of aliphatic imine (C=N–C) groups is 1. The SMILES string of the molecule is CCCN1CCC(CN=C(NCC)Nc2ccc3c(c2)OCCCO3)CC1.I. The first-order chi connectivity index (χ1) is 13.3. The van der Waals surface area contributed by atoms with E-state index in [2.05, 4.69) is 29.4 Å². The molecule has 7 heteroatoms. The van der Waals surface area contributed by atoms with E-state index in [-0.39, 0.29) is 24.0 Å². The molecule has 158 valence electrons. The Labute approximate surface area is 186 Å². The van der Waals surface area contributed by atoms with Gasteiger partial charge in [0.05, 0.1) is 13.2 Å². The summed E-state index contributed by atoms with van der Waals surface area (Å²) in [4.78, 5) is 7.41. The summed E-state index contributed by atoms with van der Waals surface area (Å²) in [6.07, 6.45) is 4.64. The van der Waals surface area contributed by atoms with E-state index < -0.39 is 0 Å². The Balaban J connectivity index is 0.00000280. The van der Waals surface area contributed by atoms with Crippen molar-refractivity contribution in [2.75, 3.05) is 51.3 Å². The van der Waals surface area contributed by atoms with Crippen LogP contribution in [0.15, 0.2) is 23.2 Å². The topological polar surface area (TPSA) is 58.1 Å². The molecule has 0 aromatic heterocycles. The number of hydrogen-bond donors (Lipinski definition) is 2. The van der Waals surface area contributed by atoms with Crippen molar-refractivity contribution >= 4 is 35.6 Å². The van der Waals surface area contributed by atoms with Crippen molar-refractivity contribution in [1.82, 2.24) is 10.2 Å². The number of halogens is 1. The molecule has 28 heavy (non-hydrogen) atoms. The molecule has 1 saturated heterocycles. The fourth-order valence-electron chi connectivity index (χ4n) is 3.61. The summed E-state index contributed by atoms with van der Waals surface area (Å²) in [5.41, 5.74) is 0.969. The van der Waals surface area contributed by atoms with Gasteiger partial charge in [0.1, 0.15) is 0 Å². The standard InChI is InChI=1S/C21H34N4O2.HI/c1-3-10-25-11-8-17(9-12-25)16-23-21(22-4-2)24-18-6-7-19-20(15-18)27-14-5-13-26-19;/h6-7,15,17H,3-5,8-14,16H2,1-2H3,(H2,22,23,24);1H. The van der Waals surface area contributed by atoms with Crippen molar-refractivity contribution < 1.29 is 9.47 Å². The maximum Gasteiger partial charge on any atom is 0.195 e. The molecule has 2 heterocycles. The molecule has 1 fully saturated rings. The summed E-state index contributed by atoms with van der Waals surface area (Å²) in [5, 5.41) is 6.76. The number of guanidine groups is 1. The van der Waals surface area contributed by atoms with Crippen molar-refractivity contribution in [2.24, 2.45) is 10.9 Å². The molecule has 0 saturated carbocycles. The summed E-state index contributed by atoms with van der Waals surface area (Å²) < 4.78 is 11.5. The van der Waals surface area contributed by atoms with Gasteiger partial charge in [0.25, 0.3) is 0 Å². The van der Waals surface area contributed by atoms with E-state index in [1.165, 1.54) is 38.9 Å². The van der Waals surface area contributed by atoms with Crippen LogP contribution in [0.5, 0.6) is 11.5 Å². The van der Waals surface area contributed by atoms with Gasteiger partial charge in [-0.05, 0) is 63.9 Å². The molecular weight excluding hydrogens is 467 g/mol. The van der Waals surface area contributed by atoms with Crippen molar-refractivity contribution in [3.05, 3.63) is 18.2 Å². The zero-order chi connectivity index (χ0) is 18.9. The van der Waals surface area contributed by atoms with Crippen molar-refractivity contribution in [3.63, 3.8) is 0 Å². The number of nitrogens with one attached hydrogen (secondary N) is 2. The molecule has 6 nitrogen and oxygen atoms in total. The van der Waals surface area contributed by atoms with E-state index in [1.807, 2.05) is 18.2 Å². The fourth-order valence-corrected chi connectivity index (χ4v) is 3.61. The molecule has 1 aromatic carbocycles. The average Bonchev–Trinajstić information content (AvgIpc) is 2.93. The van der Waals surface area contributed by atoms with Gasteiger partial charge >= 0.3 is 0 Å². The normalized spacial score (nSPS) is 18.1. The quantitative estimate of drug-likeness (QED) is 0.351. The molecule has 3 rings (SSSR count). The Hall–Kier alpha value is -1.22. The number of piperidine rings is 1. The van der Waals surface area contributed by atoms with Crippen LogP contribution in [0, 0.1) is 5.92 Å². The monoisotopic (exact) mass is 502 g/mol. The molecule has 0 amide bonds. The van der Waals surface area contributed by atoms with Gasteiger partial charge in [-0.15, -0.1) is 24.0 Å². The van der Waals surface area contributed by atoms with Crippen LogP contribution in [0.3, 0.4) is 0 Å². The highest BCUT2D eigenvalue weighted by Gasteiger charge is 2.18. The number of benzene rings is 1. The molecule has 1 aromatic rings. The van der Waals surface area contributed by atoms with Gasteiger partial charge in [-0.1, -0.05) is 6.92 Å². The third-order valence-electron chi connectivity index (χ3n) is 5.11. The molecule has 0 atom stereocenters. The number of hydrogen-bond acceptors (Lipinski definition) is 4. The summed E-state index contributed by atoms with van der Waals surface area (Å²) in [6.45, 7) is 11.1. The van der Waals surface area contributed by atoms with Crippen LogP contribution < -0.4 is 20.1 Å². The smallest absolute Gasteiger partial charge is 0.195 e. The lowest BCUT2D eigenvalue weighted by Crippen LogP contribution is -2.36. The Bertz CT molecular complexity index is 618. The van der Waals surface area contributed by atoms with Gasteiger partial charge in [-0.2, -0.15) is 0 Å². The van der Waals surface area contributed by atoms with E-state index in [4.69, 9.17) is 14.5 Å². The van der Waals surface area contributed by atoms with E-state index >= 15 is 0 Å². The minimum Gasteiger partial charge on any atom is -0.490 e. The Morgan fingerprint density at radius 2 is 1.89 bits per heavy atom. The Morgan fingerprint density at radius 1 is 1.14 bits per heavy atom. The second kappa shape index (κ2) is 12.4. The zero-order valence-electron chi connectivity index (χ0n) is 17.2. The first-order valence-corrected chi connectivity index (χ1v) is 10.5. The predicted octanol–water partition coefficient (Wildman–Crippen LogP) is 3.97. The van der Waals surface area contributed by atoms with Crippen LogP contribution in [0.1, 0.15) is 39.5 Å².